The Morgan fingerprint density at radius 1 is 1.10 bits per heavy atom. The Balaban J connectivity index is 1.42. The summed E-state index contributed by atoms with van der Waals surface area (Å²) in [5.41, 5.74) is 0. The van der Waals surface area contributed by atoms with Crippen molar-refractivity contribution in [2.24, 2.45) is 0 Å². The summed E-state index contributed by atoms with van der Waals surface area (Å²) in [5, 5.41) is 6.73. The Morgan fingerprint density at radius 2 is 1.85 bits per heavy atom. The number of hydrogen-bond acceptors (Lipinski definition) is 5. The molecule has 2 aliphatic rings. The predicted molar refractivity (Wildman–Crippen MR) is 73.9 cm³/mol. The quantitative estimate of drug-likeness (QED) is 0.807. The van der Waals surface area contributed by atoms with Crippen LogP contribution in [0.15, 0.2) is 6.33 Å². The van der Waals surface area contributed by atoms with Crippen LogP contribution < -0.4 is 0 Å². The average molecular weight is 278 g/mol. The number of likely N-dealkylation sites (tertiary alicyclic amines) is 1. The zero-order valence-corrected chi connectivity index (χ0v) is 11.8. The number of rotatable bonds is 4. The van der Waals surface area contributed by atoms with Crippen molar-refractivity contribution in [1.82, 2.24) is 29.9 Å². The molecule has 2 aliphatic heterocycles. The van der Waals surface area contributed by atoms with Gasteiger partial charge in [0.2, 0.25) is 5.91 Å². The molecule has 7 nitrogen and oxygen atoms in total. The van der Waals surface area contributed by atoms with Crippen LogP contribution in [0.5, 0.6) is 0 Å². The Bertz CT molecular complexity index is 420. The summed E-state index contributed by atoms with van der Waals surface area (Å²) in [7, 11) is 0. The van der Waals surface area contributed by atoms with Crippen LogP contribution in [0.1, 0.15) is 18.7 Å². The van der Waals surface area contributed by atoms with Gasteiger partial charge in [-0.2, -0.15) is 5.10 Å². The van der Waals surface area contributed by atoms with E-state index in [2.05, 4.69) is 25.0 Å². The molecule has 0 radical (unpaired) electrons. The molecule has 3 heterocycles. The second-order valence-corrected chi connectivity index (χ2v) is 5.57. The van der Waals surface area contributed by atoms with Gasteiger partial charge in [0.05, 0.1) is 13.1 Å². The molecule has 1 amide bonds. The third-order valence-corrected chi connectivity index (χ3v) is 4.12. The van der Waals surface area contributed by atoms with Gasteiger partial charge in [-0.15, -0.1) is 0 Å². The van der Waals surface area contributed by atoms with Crippen molar-refractivity contribution in [3.63, 3.8) is 0 Å². The van der Waals surface area contributed by atoms with Crippen LogP contribution >= 0.6 is 0 Å². The van der Waals surface area contributed by atoms with Crippen molar-refractivity contribution in [3.8, 4) is 0 Å². The maximum absolute atomic E-state index is 12.2. The Kier molecular flexibility index (Phi) is 4.27. The highest BCUT2D eigenvalue weighted by Crippen LogP contribution is 2.09. The molecule has 0 saturated carbocycles. The number of aromatic nitrogens is 3. The molecule has 0 atom stereocenters. The first-order chi connectivity index (χ1) is 9.81. The lowest BCUT2D eigenvalue weighted by Crippen LogP contribution is -2.50. The molecule has 0 aliphatic carbocycles. The molecule has 1 aromatic heterocycles. The molecular formula is C13H22N6O. The summed E-state index contributed by atoms with van der Waals surface area (Å²) in [6.45, 7) is 7.01. The summed E-state index contributed by atoms with van der Waals surface area (Å²) < 4.78 is 0. The van der Waals surface area contributed by atoms with E-state index in [0.717, 1.165) is 51.6 Å². The fraction of sp³-hybridized carbons (Fsp3) is 0.769. The SMILES string of the molecule is O=C(CN1CCCC1)N1CCN(Cc2ncn[nH]2)CC1. The van der Waals surface area contributed by atoms with Gasteiger partial charge in [0.25, 0.3) is 0 Å². The first kappa shape index (κ1) is 13.5. The second kappa shape index (κ2) is 6.32. The van der Waals surface area contributed by atoms with Crippen molar-refractivity contribution >= 4 is 5.91 Å². The summed E-state index contributed by atoms with van der Waals surface area (Å²) >= 11 is 0. The maximum Gasteiger partial charge on any atom is 0.236 e. The minimum absolute atomic E-state index is 0.284. The smallest absolute Gasteiger partial charge is 0.236 e. The summed E-state index contributed by atoms with van der Waals surface area (Å²) in [4.78, 5) is 22.9. The maximum atomic E-state index is 12.2. The number of piperazine rings is 1. The number of nitrogens with one attached hydrogen (secondary N) is 1. The highest BCUT2D eigenvalue weighted by Gasteiger charge is 2.24. The van der Waals surface area contributed by atoms with Gasteiger partial charge >= 0.3 is 0 Å². The van der Waals surface area contributed by atoms with Crippen LogP contribution in [0.25, 0.3) is 0 Å². The molecule has 0 spiro atoms. The molecule has 0 aromatic carbocycles. The predicted octanol–water partition coefficient (Wildman–Crippen LogP) is -0.455. The number of aromatic amines is 1. The van der Waals surface area contributed by atoms with E-state index >= 15 is 0 Å². The summed E-state index contributed by atoms with van der Waals surface area (Å²) in [6, 6.07) is 0. The normalized spacial score (nSPS) is 21.5. The number of nitrogens with zero attached hydrogens (tertiary/aromatic N) is 5. The molecule has 2 fully saturated rings. The van der Waals surface area contributed by atoms with Crippen molar-refractivity contribution < 1.29 is 4.79 Å². The molecule has 110 valence electrons. The Labute approximate surface area is 118 Å². The third-order valence-electron chi connectivity index (χ3n) is 4.12. The summed E-state index contributed by atoms with van der Waals surface area (Å²) in [5.74, 6) is 1.17. The fourth-order valence-corrected chi connectivity index (χ4v) is 2.91. The molecule has 20 heavy (non-hydrogen) atoms. The highest BCUT2D eigenvalue weighted by molar-refractivity contribution is 5.78. The van der Waals surface area contributed by atoms with Crippen LogP contribution in [0.4, 0.5) is 0 Å². The monoisotopic (exact) mass is 278 g/mol. The van der Waals surface area contributed by atoms with E-state index in [-0.39, 0.29) is 5.91 Å². The van der Waals surface area contributed by atoms with Crippen LogP contribution in [-0.4, -0.2) is 81.6 Å². The Hall–Kier alpha value is -1.47. The molecule has 3 rings (SSSR count). The van der Waals surface area contributed by atoms with Gasteiger partial charge in [-0.25, -0.2) is 4.98 Å². The van der Waals surface area contributed by atoms with Gasteiger partial charge in [0, 0.05) is 26.2 Å². The zero-order valence-electron chi connectivity index (χ0n) is 11.8. The van der Waals surface area contributed by atoms with E-state index in [4.69, 9.17) is 0 Å². The summed E-state index contributed by atoms with van der Waals surface area (Å²) in [6.07, 6.45) is 4.00. The topological polar surface area (TPSA) is 68.4 Å². The van der Waals surface area contributed by atoms with Crippen LogP contribution in [0.2, 0.25) is 0 Å². The number of amides is 1. The van der Waals surface area contributed by atoms with Gasteiger partial charge in [0.15, 0.2) is 0 Å². The number of carbonyl (C=O) groups is 1. The second-order valence-electron chi connectivity index (χ2n) is 5.57. The molecule has 0 unspecified atom stereocenters. The van der Waals surface area contributed by atoms with Crippen molar-refractivity contribution in [2.75, 3.05) is 45.8 Å². The Morgan fingerprint density at radius 3 is 2.50 bits per heavy atom. The minimum Gasteiger partial charge on any atom is -0.339 e. The van der Waals surface area contributed by atoms with Crippen LogP contribution in [0, 0.1) is 0 Å². The van der Waals surface area contributed by atoms with E-state index in [9.17, 15) is 4.79 Å². The first-order valence-corrected chi connectivity index (χ1v) is 7.38. The molecule has 0 bridgehead atoms. The minimum atomic E-state index is 0.284. The first-order valence-electron chi connectivity index (χ1n) is 7.38. The van der Waals surface area contributed by atoms with Crippen LogP contribution in [0.3, 0.4) is 0 Å². The zero-order chi connectivity index (χ0) is 13.8. The molecule has 1 aromatic rings. The van der Waals surface area contributed by atoms with E-state index < -0.39 is 0 Å². The fourth-order valence-electron chi connectivity index (χ4n) is 2.91. The van der Waals surface area contributed by atoms with Crippen molar-refractivity contribution in [2.45, 2.75) is 19.4 Å². The van der Waals surface area contributed by atoms with E-state index in [1.165, 1.54) is 19.2 Å². The third kappa shape index (κ3) is 3.34. The van der Waals surface area contributed by atoms with E-state index in [1.54, 1.807) is 0 Å². The number of carbonyl (C=O) groups excluding carboxylic acids is 1. The van der Waals surface area contributed by atoms with Gasteiger partial charge < -0.3 is 4.90 Å². The molecule has 2 saturated heterocycles. The number of hydrogen-bond donors (Lipinski definition) is 1. The largest absolute Gasteiger partial charge is 0.339 e. The average Bonchev–Trinajstić information content (AvgIpc) is 3.13. The molecule has 7 heteroatoms. The lowest BCUT2D eigenvalue weighted by molar-refractivity contribution is -0.134. The van der Waals surface area contributed by atoms with Gasteiger partial charge in [-0.1, -0.05) is 0 Å². The standard InChI is InChI=1S/C13H22N6O/c20-13(10-17-3-1-2-4-17)19-7-5-18(6-8-19)9-12-14-11-15-16-12/h11H,1-10H2,(H,14,15,16). The van der Waals surface area contributed by atoms with Gasteiger partial charge in [-0.05, 0) is 25.9 Å². The van der Waals surface area contributed by atoms with E-state index in [1.807, 2.05) is 4.90 Å². The van der Waals surface area contributed by atoms with Crippen molar-refractivity contribution in [3.05, 3.63) is 12.2 Å². The lowest BCUT2D eigenvalue weighted by atomic mass is 10.3. The van der Waals surface area contributed by atoms with E-state index in [0.29, 0.717) is 6.54 Å². The number of H-pyrrole nitrogens is 1. The lowest BCUT2D eigenvalue weighted by Gasteiger charge is -2.35. The molecule has 1 N–H and O–H groups in total. The van der Waals surface area contributed by atoms with Gasteiger partial charge in [-0.3, -0.25) is 19.7 Å². The highest BCUT2D eigenvalue weighted by atomic mass is 16.2. The molecular weight excluding hydrogens is 256 g/mol. The van der Waals surface area contributed by atoms with Crippen molar-refractivity contribution in [1.29, 1.82) is 0 Å². The van der Waals surface area contributed by atoms with Crippen LogP contribution in [-0.2, 0) is 11.3 Å². The van der Waals surface area contributed by atoms with Gasteiger partial charge in [0.1, 0.15) is 12.2 Å².